The van der Waals surface area contributed by atoms with Crippen LogP contribution in [0, 0.1) is 5.92 Å². The second kappa shape index (κ2) is 6.53. The molecule has 8 nitrogen and oxygen atoms in total. The van der Waals surface area contributed by atoms with Crippen molar-refractivity contribution in [2.24, 2.45) is 5.92 Å². The molecular formula is C17H24N4O4. The lowest BCUT2D eigenvalue weighted by Gasteiger charge is -2.31. The number of hydrogen-bond acceptors (Lipinski definition) is 7. The zero-order chi connectivity index (χ0) is 17.6. The minimum Gasteiger partial charge on any atom is -0.394 e. The van der Waals surface area contributed by atoms with Crippen molar-refractivity contribution in [3.8, 4) is 0 Å². The van der Waals surface area contributed by atoms with E-state index in [0.717, 1.165) is 43.1 Å². The maximum absolute atomic E-state index is 10.3. The summed E-state index contributed by atoms with van der Waals surface area (Å²) in [4.78, 5) is 11.1. The van der Waals surface area contributed by atoms with Crippen LogP contribution in [0.4, 0.5) is 5.82 Å². The third-order valence-electron chi connectivity index (χ3n) is 5.36. The topological polar surface area (TPSA) is 104 Å². The molecule has 0 unspecified atom stereocenters. The average molecular weight is 348 g/mol. The van der Waals surface area contributed by atoms with E-state index in [-0.39, 0.29) is 6.61 Å². The van der Waals surface area contributed by atoms with Crippen molar-refractivity contribution in [3.05, 3.63) is 18.6 Å². The number of aliphatic hydroxyl groups excluding tert-OH is 3. The number of ether oxygens (including phenoxy) is 1. The molecule has 0 spiro atoms. The van der Waals surface area contributed by atoms with Crippen LogP contribution in [0.15, 0.2) is 18.6 Å². The number of aliphatic hydroxyl groups is 3. The Labute approximate surface area is 145 Å². The normalized spacial score (nSPS) is 31.1. The molecule has 25 heavy (non-hydrogen) atoms. The lowest BCUT2D eigenvalue weighted by atomic mass is 9.99. The van der Waals surface area contributed by atoms with Crippen molar-refractivity contribution in [2.75, 3.05) is 24.6 Å². The molecule has 8 heteroatoms. The third-order valence-corrected chi connectivity index (χ3v) is 5.36. The van der Waals surface area contributed by atoms with Gasteiger partial charge in [-0.05, 0) is 24.8 Å². The van der Waals surface area contributed by atoms with Gasteiger partial charge in [0, 0.05) is 19.3 Å². The van der Waals surface area contributed by atoms with Crippen LogP contribution < -0.4 is 4.90 Å². The first kappa shape index (κ1) is 16.7. The monoisotopic (exact) mass is 348 g/mol. The first-order chi connectivity index (χ1) is 12.1. The predicted molar refractivity (Wildman–Crippen MR) is 91.1 cm³/mol. The highest BCUT2D eigenvalue weighted by Crippen LogP contribution is 2.34. The van der Waals surface area contributed by atoms with Crippen LogP contribution in [0.2, 0.25) is 0 Å². The Balaban J connectivity index is 1.68. The molecular weight excluding hydrogens is 324 g/mol. The fourth-order valence-electron chi connectivity index (χ4n) is 3.75. The van der Waals surface area contributed by atoms with E-state index < -0.39 is 24.5 Å². The van der Waals surface area contributed by atoms with Crippen molar-refractivity contribution >= 4 is 16.9 Å². The third kappa shape index (κ3) is 2.79. The zero-order valence-corrected chi connectivity index (χ0v) is 14.2. The van der Waals surface area contributed by atoms with Crippen LogP contribution in [0.1, 0.15) is 26.0 Å². The van der Waals surface area contributed by atoms with Crippen LogP contribution in [0.3, 0.4) is 0 Å². The van der Waals surface area contributed by atoms with E-state index in [1.54, 1.807) is 10.8 Å². The second-order valence-corrected chi connectivity index (χ2v) is 7.06. The largest absolute Gasteiger partial charge is 0.394 e. The number of fused-ring (bicyclic) bond motifs is 1. The van der Waals surface area contributed by atoms with E-state index in [4.69, 9.17) is 4.74 Å². The van der Waals surface area contributed by atoms with Gasteiger partial charge >= 0.3 is 0 Å². The van der Waals surface area contributed by atoms with Crippen LogP contribution in [-0.2, 0) is 4.74 Å². The minimum absolute atomic E-state index is 0.347. The van der Waals surface area contributed by atoms with Gasteiger partial charge in [0.05, 0.1) is 12.0 Å². The van der Waals surface area contributed by atoms with Crippen LogP contribution in [-0.4, -0.2) is 67.9 Å². The molecule has 0 radical (unpaired) electrons. The summed E-state index contributed by atoms with van der Waals surface area (Å²) in [6, 6.07) is 1.91. The Bertz CT molecular complexity index is 743. The average Bonchev–Trinajstić information content (AvgIpc) is 3.17. The number of rotatable bonds is 3. The molecule has 4 atom stereocenters. The van der Waals surface area contributed by atoms with Gasteiger partial charge < -0.3 is 29.5 Å². The maximum Gasteiger partial charge on any atom is 0.164 e. The number of hydrogen-bond donors (Lipinski definition) is 3. The van der Waals surface area contributed by atoms with E-state index in [2.05, 4.69) is 21.8 Å². The molecule has 2 saturated heterocycles. The number of aromatic nitrogens is 3. The molecule has 0 amide bonds. The van der Waals surface area contributed by atoms with Crippen LogP contribution in [0.25, 0.3) is 11.0 Å². The SMILES string of the molecule is CC1CCN(c2ncnc3c2ccn3[C@@H]2O[C@H](CO)[C@@H](O)[C@H]2O)CC1. The van der Waals surface area contributed by atoms with Gasteiger partial charge in [-0.3, -0.25) is 0 Å². The summed E-state index contributed by atoms with van der Waals surface area (Å²) in [5.41, 5.74) is 0.651. The van der Waals surface area contributed by atoms with Gasteiger partial charge in [0.25, 0.3) is 0 Å². The molecule has 0 bridgehead atoms. The van der Waals surface area contributed by atoms with E-state index >= 15 is 0 Å². The van der Waals surface area contributed by atoms with Crippen molar-refractivity contribution in [2.45, 2.75) is 44.3 Å². The molecule has 4 heterocycles. The van der Waals surface area contributed by atoms with Crippen molar-refractivity contribution < 1.29 is 20.1 Å². The van der Waals surface area contributed by atoms with E-state index in [0.29, 0.717) is 5.65 Å². The second-order valence-electron chi connectivity index (χ2n) is 7.06. The summed E-state index contributed by atoms with van der Waals surface area (Å²) in [6.07, 6.45) is 1.75. The quantitative estimate of drug-likeness (QED) is 0.732. The van der Waals surface area contributed by atoms with Gasteiger partial charge in [0.1, 0.15) is 36.1 Å². The Morgan fingerprint density at radius 1 is 1.20 bits per heavy atom. The van der Waals surface area contributed by atoms with E-state index in [1.807, 2.05) is 6.07 Å². The molecule has 2 fully saturated rings. The summed E-state index contributed by atoms with van der Waals surface area (Å²) in [5.74, 6) is 1.62. The van der Waals surface area contributed by atoms with E-state index in [1.165, 1.54) is 6.33 Å². The fourth-order valence-corrected chi connectivity index (χ4v) is 3.75. The van der Waals surface area contributed by atoms with Crippen molar-refractivity contribution in [1.29, 1.82) is 0 Å². The van der Waals surface area contributed by atoms with Gasteiger partial charge in [-0.1, -0.05) is 6.92 Å². The summed E-state index contributed by atoms with van der Waals surface area (Å²) < 4.78 is 7.33. The molecule has 4 rings (SSSR count). The summed E-state index contributed by atoms with van der Waals surface area (Å²) >= 11 is 0. The number of anilines is 1. The van der Waals surface area contributed by atoms with Gasteiger partial charge in [-0.15, -0.1) is 0 Å². The lowest BCUT2D eigenvalue weighted by Crippen LogP contribution is -2.33. The highest BCUT2D eigenvalue weighted by atomic mass is 16.6. The summed E-state index contributed by atoms with van der Waals surface area (Å²) in [7, 11) is 0. The molecule has 2 aliphatic heterocycles. The molecule has 0 aromatic carbocycles. The van der Waals surface area contributed by atoms with Crippen molar-refractivity contribution in [1.82, 2.24) is 14.5 Å². The molecule has 3 N–H and O–H groups in total. The van der Waals surface area contributed by atoms with Crippen LogP contribution in [0.5, 0.6) is 0 Å². The van der Waals surface area contributed by atoms with Gasteiger partial charge in [0.15, 0.2) is 6.23 Å². The fraction of sp³-hybridized carbons (Fsp3) is 0.647. The molecule has 2 aromatic rings. The minimum atomic E-state index is -1.13. The Kier molecular flexibility index (Phi) is 4.36. The standard InChI is InChI=1S/C17H24N4O4/c1-10-2-5-20(6-3-10)15-11-4-7-21(16(11)19-9-18-15)17-14(24)13(23)12(8-22)25-17/h4,7,9-10,12-14,17,22-24H,2-3,5-6,8H2,1H3/t12-,13-,14-,17-/m1/s1. The maximum atomic E-state index is 10.3. The van der Waals surface area contributed by atoms with Gasteiger partial charge in [-0.25, -0.2) is 9.97 Å². The summed E-state index contributed by atoms with van der Waals surface area (Å²) in [5, 5.41) is 30.4. The Hall–Kier alpha value is -1.74. The number of nitrogens with zero attached hydrogens (tertiary/aromatic N) is 4. The molecule has 2 aromatic heterocycles. The molecule has 0 aliphatic carbocycles. The highest BCUT2D eigenvalue weighted by Gasteiger charge is 2.43. The first-order valence-electron chi connectivity index (χ1n) is 8.79. The molecule has 136 valence electrons. The highest BCUT2D eigenvalue weighted by molar-refractivity contribution is 5.88. The van der Waals surface area contributed by atoms with Crippen molar-refractivity contribution in [3.63, 3.8) is 0 Å². The zero-order valence-electron chi connectivity index (χ0n) is 14.2. The molecule has 2 aliphatic rings. The van der Waals surface area contributed by atoms with Crippen LogP contribution >= 0.6 is 0 Å². The lowest BCUT2D eigenvalue weighted by molar-refractivity contribution is -0.0508. The van der Waals surface area contributed by atoms with E-state index in [9.17, 15) is 15.3 Å². The number of piperidine rings is 1. The first-order valence-corrected chi connectivity index (χ1v) is 8.79. The predicted octanol–water partition coefficient (Wildman–Crippen LogP) is 0.279. The Morgan fingerprint density at radius 3 is 2.64 bits per heavy atom. The summed E-state index contributed by atoms with van der Waals surface area (Å²) in [6.45, 7) is 3.85. The molecule has 0 saturated carbocycles. The smallest absolute Gasteiger partial charge is 0.164 e. The van der Waals surface area contributed by atoms with Gasteiger partial charge in [-0.2, -0.15) is 0 Å². The van der Waals surface area contributed by atoms with Gasteiger partial charge in [0.2, 0.25) is 0 Å². The Morgan fingerprint density at radius 2 is 1.96 bits per heavy atom.